The van der Waals surface area contributed by atoms with Gasteiger partial charge in [-0.1, -0.05) is 42.3 Å². The molecule has 0 radical (unpaired) electrons. The molecule has 1 fully saturated rings. The first-order valence-electron chi connectivity index (χ1n) is 6.45. The van der Waals surface area contributed by atoms with Crippen LogP contribution in [0.4, 0.5) is 0 Å². The summed E-state index contributed by atoms with van der Waals surface area (Å²) in [5, 5.41) is 7.20. The SMILES string of the molecule is CC(NC(=O)C(C)C1CNC1)c1cccc(Cl)c1Cl.Cl. The average Bonchev–Trinajstić information content (AvgIpc) is 2.30. The van der Waals surface area contributed by atoms with Crippen LogP contribution in [0.2, 0.25) is 10.0 Å². The van der Waals surface area contributed by atoms with E-state index in [4.69, 9.17) is 23.2 Å². The quantitative estimate of drug-likeness (QED) is 0.883. The third kappa shape index (κ3) is 3.79. The van der Waals surface area contributed by atoms with Crippen LogP contribution >= 0.6 is 35.6 Å². The molecule has 1 aliphatic rings. The van der Waals surface area contributed by atoms with Gasteiger partial charge in [0.05, 0.1) is 16.1 Å². The van der Waals surface area contributed by atoms with Crippen molar-refractivity contribution in [2.75, 3.05) is 13.1 Å². The van der Waals surface area contributed by atoms with Crippen LogP contribution in [-0.2, 0) is 4.79 Å². The molecule has 3 nitrogen and oxygen atoms in total. The van der Waals surface area contributed by atoms with Gasteiger partial charge in [-0.3, -0.25) is 4.79 Å². The maximum atomic E-state index is 12.1. The van der Waals surface area contributed by atoms with Crippen LogP contribution < -0.4 is 10.6 Å². The maximum Gasteiger partial charge on any atom is 0.223 e. The molecule has 1 aliphatic heterocycles. The van der Waals surface area contributed by atoms with Gasteiger partial charge in [-0.2, -0.15) is 0 Å². The summed E-state index contributed by atoms with van der Waals surface area (Å²) >= 11 is 12.1. The van der Waals surface area contributed by atoms with Crippen LogP contribution in [0.15, 0.2) is 18.2 Å². The summed E-state index contributed by atoms with van der Waals surface area (Å²) < 4.78 is 0. The van der Waals surface area contributed by atoms with Gasteiger partial charge in [0.15, 0.2) is 0 Å². The fourth-order valence-corrected chi connectivity index (χ4v) is 2.63. The highest BCUT2D eigenvalue weighted by Crippen LogP contribution is 2.30. The van der Waals surface area contributed by atoms with Crippen LogP contribution in [-0.4, -0.2) is 19.0 Å². The van der Waals surface area contributed by atoms with Gasteiger partial charge in [-0.05, 0) is 37.6 Å². The van der Waals surface area contributed by atoms with Crippen molar-refractivity contribution < 1.29 is 4.79 Å². The zero-order valence-electron chi connectivity index (χ0n) is 11.5. The van der Waals surface area contributed by atoms with E-state index in [1.165, 1.54) is 0 Å². The normalized spacial score (nSPS) is 17.6. The molecule has 112 valence electrons. The van der Waals surface area contributed by atoms with Crippen molar-refractivity contribution in [1.29, 1.82) is 0 Å². The Morgan fingerprint density at radius 2 is 2.00 bits per heavy atom. The minimum Gasteiger partial charge on any atom is -0.349 e. The van der Waals surface area contributed by atoms with Crippen LogP contribution in [0.3, 0.4) is 0 Å². The van der Waals surface area contributed by atoms with Crippen LogP contribution in [0.1, 0.15) is 25.5 Å². The number of carbonyl (C=O) groups is 1. The second-order valence-corrected chi connectivity index (χ2v) is 5.87. The van der Waals surface area contributed by atoms with E-state index in [0.717, 1.165) is 18.7 Å². The zero-order valence-corrected chi connectivity index (χ0v) is 13.8. The zero-order chi connectivity index (χ0) is 14.0. The Morgan fingerprint density at radius 1 is 1.35 bits per heavy atom. The summed E-state index contributed by atoms with van der Waals surface area (Å²) in [5.74, 6) is 0.513. The molecular formula is C14H19Cl3N2O. The lowest BCUT2D eigenvalue weighted by molar-refractivity contribution is -0.127. The smallest absolute Gasteiger partial charge is 0.223 e. The molecule has 2 N–H and O–H groups in total. The molecule has 2 atom stereocenters. The molecule has 0 spiro atoms. The van der Waals surface area contributed by atoms with E-state index in [0.29, 0.717) is 16.0 Å². The Hall–Kier alpha value is -0.480. The molecule has 0 saturated carbocycles. The van der Waals surface area contributed by atoms with Gasteiger partial charge in [-0.25, -0.2) is 0 Å². The van der Waals surface area contributed by atoms with Gasteiger partial charge >= 0.3 is 0 Å². The Labute approximate surface area is 135 Å². The number of rotatable bonds is 4. The Bertz CT molecular complexity index is 477. The number of nitrogens with one attached hydrogen (secondary N) is 2. The third-order valence-electron chi connectivity index (χ3n) is 3.74. The van der Waals surface area contributed by atoms with Gasteiger partial charge in [-0.15, -0.1) is 12.4 Å². The van der Waals surface area contributed by atoms with Crippen molar-refractivity contribution in [2.24, 2.45) is 11.8 Å². The first-order valence-corrected chi connectivity index (χ1v) is 7.21. The molecule has 2 unspecified atom stereocenters. The number of halogens is 3. The lowest BCUT2D eigenvalue weighted by Gasteiger charge is -2.32. The lowest BCUT2D eigenvalue weighted by Crippen LogP contribution is -2.49. The largest absolute Gasteiger partial charge is 0.349 e. The predicted molar refractivity (Wildman–Crippen MR) is 85.8 cm³/mol. The second kappa shape index (κ2) is 7.51. The minimum atomic E-state index is -0.144. The van der Waals surface area contributed by atoms with Crippen molar-refractivity contribution in [3.63, 3.8) is 0 Å². The van der Waals surface area contributed by atoms with Crippen molar-refractivity contribution in [3.8, 4) is 0 Å². The number of benzene rings is 1. The molecule has 0 aliphatic carbocycles. The summed E-state index contributed by atoms with van der Waals surface area (Å²) in [6.07, 6.45) is 0. The molecule has 1 aromatic rings. The van der Waals surface area contributed by atoms with E-state index in [1.54, 1.807) is 6.07 Å². The summed E-state index contributed by atoms with van der Waals surface area (Å²) in [6.45, 7) is 5.72. The lowest BCUT2D eigenvalue weighted by atomic mass is 9.88. The summed E-state index contributed by atoms with van der Waals surface area (Å²) in [5.41, 5.74) is 0.849. The van der Waals surface area contributed by atoms with Gasteiger partial charge in [0.25, 0.3) is 0 Å². The molecule has 0 bridgehead atoms. The molecule has 0 aromatic heterocycles. The highest BCUT2D eigenvalue weighted by molar-refractivity contribution is 6.42. The van der Waals surface area contributed by atoms with Crippen LogP contribution in [0.25, 0.3) is 0 Å². The summed E-state index contributed by atoms with van der Waals surface area (Å²) in [7, 11) is 0. The highest BCUT2D eigenvalue weighted by Gasteiger charge is 2.29. The molecule has 6 heteroatoms. The molecular weight excluding hydrogens is 319 g/mol. The van der Waals surface area contributed by atoms with Crippen molar-refractivity contribution in [3.05, 3.63) is 33.8 Å². The molecule has 2 rings (SSSR count). The second-order valence-electron chi connectivity index (χ2n) is 5.08. The van der Waals surface area contributed by atoms with Gasteiger partial charge < -0.3 is 10.6 Å². The van der Waals surface area contributed by atoms with Gasteiger partial charge in [0.1, 0.15) is 0 Å². The monoisotopic (exact) mass is 336 g/mol. The van der Waals surface area contributed by atoms with E-state index < -0.39 is 0 Å². The highest BCUT2D eigenvalue weighted by atomic mass is 35.5. The number of carbonyl (C=O) groups excluding carboxylic acids is 1. The molecule has 1 aromatic carbocycles. The van der Waals surface area contributed by atoms with E-state index >= 15 is 0 Å². The number of hydrogen-bond donors (Lipinski definition) is 2. The van der Waals surface area contributed by atoms with Crippen molar-refractivity contribution in [1.82, 2.24) is 10.6 Å². The van der Waals surface area contributed by atoms with Crippen molar-refractivity contribution >= 4 is 41.5 Å². The van der Waals surface area contributed by atoms with Gasteiger partial charge in [0, 0.05) is 5.92 Å². The average molecular weight is 338 g/mol. The maximum absolute atomic E-state index is 12.1. The van der Waals surface area contributed by atoms with E-state index in [1.807, 2.05) is 26.0 Å². The van der Waals surface area contributed by atoms with E-state index in [9.17, 15) is 4.79 Å². The number of amides is 1. The summed E-state index contributed by atoms with van der Waals surface area (Å²) in [6, 6.07) is 5.32. The Morgan fingerprint density at radius 3 is 2.55 bits per heavy atom. The predicted octanol–water partition coefficient (Wildman–Crippen LogP) is 3.45. The Kier molecular flexibility index (Phi) is 6.59. The fourth-order valence-electron chi connectivity index (χ4n) is 2.16. The number of hydrogen-bond acceptors (Lipinski definition) is 2. The van der Waals surface area contributed by atoms with Crippen LogP contribution in [0.5, 0.6) is 0 Å². The third-order valence-corrected chi connectivity index (χ3v) is 4.57. The minimum absolute atomic E-state index is 0. The molecule has 1 saturated heterocycles. The topological polar surface area (TPSA) is 41.1 Å². The first kappa shape index (κ1) is 17.6. The molecule has 20 heavy (non-hydrogen) atoms. The van der Waals surface area contributed by atoms with Gasteiger partial charge in [0.2, 0.25) is 5.91 Å². The summed E-state index contributed by atoms with van der Waals surface area (Å²) in [4.78, 5) is 12.1. The fraction of sp³-hybridized carbons (Fsp3) is 0.500. The van der Waals surface area contributed by atoms with Crippen molar-refractivity contribution in [2.45, 2.75) is 19.9 Å². The van der Waals surface area contributed by atoms with Crippen LogP contribution in [0, 0.1) is 11.8 Å². The Balaban J connectivity index is 0.00000200. The molecule has 1 amide bonds. The first-order chi connectivity index (χ1) is 9.00. The standard InChI is InChI=1S/C14H18Cl2N2O.ClH/c1-8(10-6-17-7-10)14(19)18-9(2)11-4-3-5-12(15)13(11)16;/h3-5,8-10,17H,6-7H2,1-2H3,(H,18,19);1H. The molecule has 1 heterocycles. The van der Waals surface area contributed by atoms with E-state index in [2.05, 4.69) is 10.6 Å². The van der Waals surface area contributed by atoms with E-state index in [-0.39, 0.29) is 30.3 Å².